The minimum atomic E-state index is -3.49. The van der Waals surface area contributed by atoms with Crippen LogP contribution in [-0.4, -0.2) is 38.1 Å². The summed E-state index contributed by atoms with van der Waals surface area (Å²) in [7, 11) is -3.49. The van der Waals surface area contributed by atoms with Crippen LogP contribution in [0.2, 0.25) is 0 Å². The molecule has 0 radical (unpaired) electrons. The molecule has 0 saturated carbocycles. The molecule has 1 heterocycles. The minimum Gasteiger partial charge on any atom is -0.339 e. The number of hydrogen-bond acceptors (Lipinski definition) is 3. The first-order valence-electron chi connectivity index (χ1n) is 9.62. The van der Waals surface area contributed by atoms with Gasteiger partial charge in [-0.3, -0.25) is 9.52 Å². The molecule has 2 aromatic rings. The van der Waals surface area contributed by atoms with Crippen molar-refractivity contribution in [2.24, 2.45) is 5.92 Å². The van der Waals surface area contributed by atoms with Gasteiger partial charge >= 0.3 is 0 Å². The number of sulfonamides is 1. The minimum absolute atomic E-state index is 0.0785. The van der Waals surface area contributed by atoms with Crippen LogP contribution >= 0.6 is 0 Å². The average Bonchev–Trinajstić information content (AvgIpc) is 2.71. The molecule has 2 aromatic carbocycles. The first-order chi connectivity index (χ1) is 13.8. The van der Waals surface area contributed by atoms with Crippen molar-refractivity contribution in [2.45, 2.75) is 26.2 Å². The third kappa shape index (κ3) is 5.32. The van der Waals surface area contributed by atoms with E-state index in [9.17, 15) is 22.0 Å². The van der Waals surface area contributed by atoms with Gasteiger partial charge in [0.05, 0.1) is 17.0 Å². The van der Waals surface area contributed by atoms with Crippen LogP contribution in [0.5, 0.6) is 0 Å². The van der Waals surface area contributed by atoms with E-state index in [1.165, 1.54) is 13.0 Å². The number of nitrogens with one attached hydrogen (secondary N) is 1. The van der Waals surface area contributed by atoms with Crippen molar-refractivity contribution >= 4 is 21.6 Å². The maximum atomic E-state index is 13.4. The molecule has 156 valence electrons. The van der Waals surface area contributed by atoms with Gasteiger partial charge < -0.3 is 4.90 Å². The van der Waals surface area contributed by atoms with Crippen molar-refractivity contribution in [1.82, 2.24) is 4.90 Å². The van der Waals surface area contributed by atoms with Gasteiger partial charge in [-0.2, -0.15) is 0 Å². The predicted octanol–water partition coefficient (Wildman–Crippen LogP) is 3.82. The Hall–Kier alpha value is -2.48. The number of halogens is 2. The zero-order valence-electron chi connectivity index (χ0n) is 16.2. The lowest BCUT2D eigenvalue weighted by atomic mass is 9.90. The number of likely N-dealkylation sites (tertiary alicyclic amines) is 1. The highest BCUT2D eigenvalue weighted by molar-refractivity contribution is 7.92. The van der Waals surface area contributed by atoms with Gasteiger partial charge in [-0.25, -0.2) is 17.2 Å². The van der Waals surface area contributed by atoms with Crippen molar-refractivity contribution in [2.75, 3.05) is 23.6 Å². The van der Waals surface area contributed by atoms with Crippen LogP contribution in [0.4, 0.5) is 14.5 Å². The summed E-state index contributed by atoms with van der Waals surface area (Å²) in [5.41, 5.74) is 1.35. The standard InChI is InChI=1S/C21H24F2N2O3S/c1-2-29(27,28)24-20-6-4-3-5-17(20)21(26)25-11-9-15(10-12-25)13-16-7-8-18(22)19(23)14-16/h3-8,14-15,24H,2,9-13H2,1H3. The lowest BCUT2D eigenvalue weighted by molar-refractivity contribution is 0.0691. The van der Waals surface area contributed by atoms with Crippen LogP contribution in [0.15, 0.2) is 42.5 Å². The Morgan fingerprint density at radius 2 is 1.79 bits per heavy atom. The van der Waals surface area contributed by atoms with Gasteiger partial charge in [0.15, 0.2) is 11.6 Å². The number of para-hydroxylation sites is 1. The summed E-state index contributed by atoms with van der Waals surface area (Å²) in [5.74, 6) is -1.72. The van der Waals surface area contributed by atoms with E-state index in [2.05, 4.69) is 4.72 Å². The van der Waals surface area contributed by atoms with Gasteiger partial charge in [-0.15, -0.1) is 0 Å². The molecule has 0 aliphatic carbocycles. The van der Waals surface area contributed by atoms with Crippen molar-refractivity contribution < 1.29 is 22.0 Å². The molecule has 3 rings (SSSR count). The first-order valence-corrected chi connectivity index (χ1v) is 11.3. The summed E-state index contributed by atoms with van der Waals surface area (Å²) >= 11 is 0. The Morgan fingerprint density at radius 1 is 1.10 bits per heavy atom. The van der Waals surface area contributed by atoms with Crippen molar-refractivity contribution in [3.05, 3.63) is 65.2 Å². The summed E-state index contributed by atoms with van der Waals surface area (Å²) in [6.45, 7) is 2.59. The molecule has 29 heavy (non-hydrogen) atoms. The molecule has 8 heteroatoms. The van der Waals surface area contributed by atoms with Gasteiger partial charge in [0.2, 0.25) is 10.0 Å². The van der Waals surface area contributed by atoms with Gasteiger partial charge in [-0.05, 0) is 61.9 Å². The number of carbonyl (C=O) groups excluding carboxylic acids is 1. The highest BCUT2D eigenvalue weighted by atomic mass is 32.2. The molecule has 1 N–H and O–H groups in total. The highest BCUT2D eigenvalue weighted by Gasteiger charge is 2.26. The third-order valence-corrected chi connectivity index (χ3v) is 6.50. The van der Waals surface area contributed by atoms with Crippen molar-refractivity contribution in [3.8, 4) is 0 Å². The lowest BCUT2D eigenvalue weighted by Gasteiger charge is -2.32. The van der Waals surface area contributed by atoms with E-state index in [0.717, 1.165) is 24.5 Å². The Morgan fingerprint density at radius 3 is 2.45 bits per heavy atom. The number of amides is 1. The third-order valence-electron chi connectivity index (χ3n) is 5.21. The second-order valence-corrected chi connectivity index (χ2v) is 9.25. The Balaban J connectivity index is 1.64. The lowest BCUT2D eigenvalue weighted by Crippen LogP contribution is -2.39. The SMILES string of the molecule is CCS(=O)(=O)Nc1ccccc1C(=O)N1CCC(Cc2ccc(F)c(F)c2)CC1. The summed E-state index contributed by atoms with van der Waals surface area (Å²) in [5, 5.41) is 0. The van der Waals surface area contributed by atoms with E-state index in [-0.39, 0.29) is 23.3 Å². The molecule has 1 aliphatic rings. The van der Waals surface area contributed by atoms with E-state index in [1.54, 1.807) is 35.2 Å². The number of anilines is 1. The molecular weight excluding hydrogens is 398 g/mol. The second-order valence-electron chi connectivity index (χ2n) is 7.24. The van der Waals surface area contributed by atoms with Crippen LogP contribution in [-0.2, 0) is 16.4 Å². The smallest absolute Gasteiger partial charge is 0.255 e. The molecule has 1 aliphatic heterocycles. The number of hydrogen-bond donors (Lipinski definition) is 1. The van der Waals surface area contributed by atoms with Crippen LogP contribution < -0.4 is 4.72 Å². The van der Waals surface area contributed by atoms with E-state index in [1.807, 2.05) is 0 Å². The van der Waals surface area contributed by atoms with Gasteiger partial charge in [0, 0.05) is 13.1 Å². The van der Waals surface area contributed by atoms with Gasteiger partial charge in [-0.1, -0.05) is 18.2 Å². The van der Waals surface area contributed by atoms with Crippen LogP contribution in [0, 0.1) is 17.6 Å². The predicted molar refractivity (Wildman–Crippen MR) is 108 cm³/mol. The molecule has 5 nitrogen and oxygen atoms in total. The molecule has 0 unspecified atom stereocenters. The topological polar surface area (TPSA) is 66.5 Å². The summed E-state index contributed by atoms with van der Waals surface area (Å²) in [6.07, 6.45) is 2.12. The van der Waals surface area contributed by atoms with Crippen LogP contribution in [0.3, 0.4) is 0 Å². The van der Waals surface area contributed by atoms with Crippen LogP contribution in [0.1, 0.15) is 35.7 Å². The fraction of sp³-hybridized carbons (Fsp3) is 0.381. The van der Waals surface area contributed by atoms with Crippen molar-refractivity contribution in [3.63, 3.8) is 0 Å². The number of benzene rings is 2. The molecule has 1 saturated heterocycles. The van der Waals surface area contributed by atoms with E-state index < -0.39 is 21.7 Å². The largest absolute Gasteiger partial charge is 0.339 e. The fourth-order valence-corrected chi connectivity index (χ4v) is 4.17. The van der Waals surface area contributed by atoms with Gasteiger partial charge in [0.1, 0.15) is 0 Å². The van der Waals surface area contributed by atoms with Crippen molar-refractivity contribution in [1.29, 1.82) is 0 Å². The fourth-order valence-electron chi connectivity index (χ4n) is 3.51. The Labute approximate surface area is 169 Å². The van der Waals surface area contributed by atoms with E-state index in [0.29, 0.717) is 25.1 Å². The van der Waals surface area contributed by atoms with E-state index in [4.69, 9.17) is 0 Å². The Kier molecular flexibility index (Phi) is 6.52. The molecule has 1 fully saturated rings. The normalized spacial score (nSPS) is 15.3. The van der Waals surface area contributed by atoms with E-state index >= 15 is 0 Å². The summed E-state index contributed by atoms with van der Waals surface area (Å²) < 4.78 is 52.7. The second kappa shape index (κ2) is 8.90. The molecule has 1 amide bonds. The molecule has 0 atom stereocenters. The number of piperidine rings is 1. The highest BCUT2D eigenvalue weighted by Crippen LogP contribution is 2.25. The monoisotopic (exact) mass is 422 g/mol. The van der Waals surface area contributed by atoms with Crippen LogP contribution in [0.25, 0.3) is 0 Å². The molecule has 0 bridgehead atoms. The summed E-state index contributed by atoms with van der Waals surface area (Å²) in [4.78, 5) is 14.7. The first kappa shape index (κ1) is 21.2. The zero-order chi connectivity index (χ0) is 21.0. The molecular formula is C21H24F2N2O3S. The maximum Gasteiger partial charge on any atom is 0.255 e. The Bertz CT molecular complexity index is 987. The number of nitrogens with zero attached hydrogens (tertiary/aromatic N) is 1. The quantitative estimate of drug-likeness (QED) is 0.770. The number of rotatable bonds is 6. The zero-order valence-corrected chi connectivity index (χ0v) is 17.0. The molecule has 0 spiro atoms. The molecule has 0 aromatic heterocycles. The number of carbonyl (C=O) groups is 1. The van der Waals surface area contributed by atoms with Gasteiger partial charge in [0.25, 0.3) is 5.91 Å². The average molecular weight is 422 g/mol. The maximum absolute atomic E-state index is 13.4. The summed E-state index contributed by atoms with van der Waals surface area (Å²) in [6, 6.07) is 10.5.